The van der Waals surface area contributed by atoms with Crippen LogP contribution in [-0.4, -0.2) is 6.54 Å². The van der Waals surface area contributed by atoms with Crippen molar-refractivity contribution in [1.29, 1.82) is 0 Å². The molecule has 0 unspecified atom stereocenters. The van der Waals surface area contributed by atoms with Crippen LogP contribution < -0.4 is 11.5 Å². The summed E-state index contributed by atoms with van der Waals surface area (Å²) in [6.45, 7) is 0.712. The highest BCUT2D eigenvalue weighted by Gasteiger charge is 2.18. The Bertz CT molecular complexity index is 595. The van der Waals surface area contributed by atoms with Gasteiger partial charge in [0.05, 0.1) is 0 Å². The van der Waals surface area contributed by atoms with E-state index in [1.807, 2.05) is 0 Å². The van der Waals surface area contributed by atoms with Crippen molar-refractivity contribution in [3.63, 3.8) is 0 Å². The Morgan fingerprint density at radius 2 is 1.75 bits per heavy atom. The summed E-state index contributed by atoms with van der Waals surface area (Å²) in [7, 11) is 0. The van der Waals surface area contributed by atoms with Crippen molar-refractivity contribution < 1.29 is 0 Å². The molecule has 0 amide bonds. The Balaban J connectivity index is 0.00000147. The molecule has 3 heteroatoms. The summed E-state index contributed by atoms with van der Waals surface area (Å²) in [6, 6.07) is 15.4. The summed E-state index contributed by atoms with van der Waals surface area (Å²) in [6.07, 6.45) is 2.98. The lowest BCUT2D eigenvalue weighted by molar-refractivity contribution is 0.617. The molecule has 2 aromatic rings. The molecule has 3 rings (SSSR count). The largest absolute Gasteiger partial charge is 0.330 e. The van der Waals surface area contributed by atoms with Crippen LogP contribution in [0, 0.1) is 0 Å². The van der Waals surface area contributed by atoms with Gasteiger partial charge in [-0.15, -0.1) is 12.4 Å². The van der Waals surface area contributed by atoms with Crippen molar-refractivity contribution in [2.45, 2.75) is 25.3 Å². The second-order valence-corrected chi connectivity index (χ2v) is 5.29. The van der Waals surface area contributed by atoms with E-state index < -0.39 is 0 Å². The van der Waals surface area contributed by atoms with Crippen LogP contribution in [0.3, 0.4) is 0 Å². The Morgan fingerprint density at radius 3 is 2.55 bits per heavy atom. The highest BCUT2D eigenvalue weighted by Crippen LogP contribution is 2.37. The SMILES string of the molecule is Cl.NCCC[C@H](N)c1ccc2c(c1)Cc1ccccc1-2. The second-order valence-electron chi connectivity index (χ2n) is 5.29. The van der Waals surface area contributed by atoms with E-state index in [0.29, 0.717) is 6.54 Å². The van der Waals surface area contributed by atoms with Crippen LogP contribution in [0.5, 0.6) is 0 Å². The average Bonchev–Trinajstić information content (AvgIpc) is 2.82. The Labute approximate surface area is 126 Å². The molecule has 20 heavy (non-hydrogen) atoms. The molecule has 0 aliphatic heterocycles. The maximum atomic E-state index is 6.22. The molecule has 0 fully saturated rings. The number of rotatable bonds is 4. The molecule has 0 aromatic heterocycles. The third-order valence-electron chi connectivity index (χ3n) is 3.97. The first-order valence-electron chi connectivity index (χ1n) is 6.96. The Kier molecular flexibility index (Phi) is 4.81. The average molecular weight is 289 g/mol. The van der Waals surface area contributed by atoms with E-state index >= 15 is 0 Å². The van der Waals surface area contributed by atoms with Crippen LogP contribution in [0.4, 0.5) is 0 Å². The standard InChI is InChI=1S/C17H20N2.ClH/c18-9-3-6-17(19)13-7-8-16-14(11-13)10-12-4-1-2-5-15(12)16;/h1-2,4-5,7-8,11,17H,3,6,9-10,18-19H2;1H/t17-;/m0./s1. The lowest BCUT2D eigenvalue weighted by atomic mass is 9.97. The molecular weight excluding hydrogens is 268 g/mol. The monoisotopic (exact) mass is 288 g/mol. The molecule has 1 atom stereocenters. The van der Waals surface area contributed by atoms with E-state index in [1.54, 1.807) is 0 Å². The molecule has 4 N–H and O–H groups in total. The fourth-order valence-corrected chi connectivity index (χ4v) is 2.90. The Morgan fingerprint density at radius 1 is 1.00 bits per heavy atom. The molecule has 0 bridgehead atoms. The van der Waals surface area contributed by atoms with Crippen LogP contribution in [0.1, 0.15) is 35.6 Å². The minimum atomic E-state index is 0. The van der Waals surface area contributed by atoms with Crippen LogP contribution in [-0.2, 0) is 6.42 Å². The van der Waals surface area contributed by atoms with Crippen molar-refractivity contribution in [3.05, 3.63) is 59.2 Å². The van der Waals surface area contributed by atoms with E-state index in [-0.39, 0.29) is 18.4 Å². The van der Waals surface area contributed by atoms with Crippen LogP contribution in [0.15, 0.2) is 42.5 Å². The number of hydrogen-bond donors (Lipinski definition) is 2. The molecule has 1 aliphatic carbocycles. The van der Waals surface area contributed by atoms with Gasteiger partial charge in [0.1, 0.15) is 0 Å². The first-order valence-corrected chi connectivity index (χ1v) is 6.96. The van der Waals surface area contributed by atoms with Crippen molar-refractivity contribution in [2.75, 3.05) is 6.54 Å². The lowest BCUT2D eigenvalue weighted by Crippen LogP contribution is -2.12. The minimum absolute atomic E-state index is 0. The summed E-state index contributed by atoms with van der Waals surface area (Å²) in [5.41, 5.74) is 18.6. The van der Waals surface area contributed by atoms with Gasteiger partial charge in [-0.25, -0.2) is 0 Å². The van der Waals surface area contributed by atoms with E-state index in [9.17, 15) is 0 Å². The van der Waals surface area contributed by atoms with Gasteiger partial charge in [0, 0.05) is 6.04 Å². The lowest BCUT2D eigenvalue weighted by Gasteiger charge is -2.13. The van der Waals surface area contributed by atoms with E-state index in [2.05, 4.69) is 42.5 Å². The van der Waals surface area contributed by atoms with Crippen LogP contribution in [0.25, 0.3) is 11.1 Å². The molecule has 0 heterocycles. The number of nitrogens with two attached hydrogens (primary N) is 2. The zero-order valence-electron chi connectivity index (χ0n) is 11.5. The number of fused-ring (bicyclic) bond motifs is 3. The van der Waals surface area contributed by atoms with Crippen molar-refractivity contribution >= 4 is 12.4 Å². The van der Waals surface area contributed by atoms with E-state index in [0.717, 1.165) is 19.3 Å². The van der Waals surface area contributed by atoms with Gasteiger partial charge in [-0.3, -0.25) is 0 Å². The predicted octanol–water partition coefficient (Wildman–Crippen LogP) is 3.42. The fourth-order valence-electron chi connectivity index (χ4n) is 2.90. The van der Waals surface area contributed by atoms with Crippen molar-refractivity contribution in [3.8, 4) is 11.1 Å². The maximum absolute atomic E-state index is 6.22. The zero-order valence-corrected chi connectivity index (χ0v) is 12.3. The molecule has 0 saturated carbocycles. The highest BCUT2D eigenvalue weighted by atomic mass is 35.5. The van der Waals surface area contributed by atoms with Gasteiger partial charge in [0.15, 0.2) is 0 Å². The molecule has 0 radical (unpaired) electrons. The number of benzene rings is 2. The third kappa shape index (κ3) is 2.73. The van der Waals surface area contributed by atoms with Crippen molar-refractivity contribution in [2.24, 2.45) is 11.5 Å². The summed E-state index contributed by atoms with van der Waals surface area (Å²) in [5.74, 6) is 0. The summed E-state index contributed by atoms with van der Waals surface area (Å²) in [5, 5.41) is 0. The normalized spacial score (nSPS) is 13.3. The Hall–Kier alpha value is -1.35. The van der Waals surface area contributed by atoms with E-state index in [1.165, 1.54) is 27.8 Å². The molecule has 2 aromatic carbocycles. The molecule has 106 valence electrons. The van der Waals surface area contributed by atoms with Gasteiger partial charge in [0.2, 0.25) is 0 Å². The summed E-state index contributed by atoms with van der Waals surface area (Å²) in [4.78, 5) is 0. The molecule has 1 aliphatic rings. The van der Waals surface area contributed by atoms with Gasteiger partial charge in [0.25, 0.3) is 0 Å². The number of halogens is 1. The molecular formula is C17H21ClN2. The van der Waals surface area contributed by atoms with E-state index in [4.69, 9.17) is 11.5 Å². The molecule has 0 spiro atoms. The minimum Gasteiger partial charge on any atom is -0.330 e. The first kappa shape index (κ1) is 15.0. The topological polar surface area (TPSA) is 52.0 Å². The molecule has 0 saturated heterocycles. The smallest absolute Gasteiger partial charge is 0.0295 e. The molecule has 2 nitrogen and oxygen atoms in total. The number of hydrogen-bond acceptors (Lipinski definition) is 2. The van der Waals surface area contributed by atoms with Crippen LogP contribution >= 0.6 is 12.4 Å². The second kappa shape index (κ2) is 6.40. The van der Waals surface area contributed by atoms with Gasteiger partial charge >= 0.3 is 0 Å². The van der Waals surface area contributed by atoms with Gasteiger partial charge in [-0.1, -0.05) is 42.5 Å². The summed E-state index contributed by atoms with van der Waals surface area (Å²) < 4.78 is 0. The summed E-state index contributed by atoms with van der Waals surface area (Å²) >= 11 is 0. The maximum Gasteiger partial charge on any atom is 0.0295 e. The predicted molar refractivity (Wildman–Crippen MR) is 87.1 cm³/mol. The van der Waals surface area contributed by atoms with Crippen molar-refractivity contribution in [1.82, 2.24) is 0 Å². The van der Waals surface area contributed by atoms with Crippen LogP contribution in [0.2, 0.25) is 0 Å². The van der Waals surface area contributed by atoms with Gasteiger partial charge in [-0.2, -0.15) is 0 Å². The highest BCUT2D eigenvalue weighted by molar-refractivity contribution is 5.85. The zero-order chi connectivity index (χ0) is 13.2. The third-order valence-corrected chi connectivity index (χ3v) is 3.97. The quantitative estimate of drug-likeness (QED) is 0.773. The van der Waals surface area contributed by atoms with Gasteiger partial charge in [-0.05, 0) is 53.6 Å². The van der Waals surface area contributed by atoms with Gasteiger partial charge < -0.3 is 11.5 Å². The first-order chi connectivity index (χ1) is 9.29. The fraction of sp³-hybridized carbons (Fsp3) is 0.294.